The molecular weight excluding hydrogens is 217 g/mol. The van der Waals surface area contributed by atoms with E-state index in [0.29, 0.717) is 0 Å². The van der Waals surface area contributed by atoms with Crippen molar-refractivity contribution in [2.45, 2.75) is 30.9 Å². The monoisotopic (exact) mass is 224 g/mol. The molecule has 0 radical (unpaired) electrons. The summed E-state index contributed by atoms with van der Waals surface area (Å²) in [6, 6.07) is 0. The van der Waals surface area contributed by atoms with Crippen molar-refractivity contribution in [3.8, 4) is 0 Å². The number of hydrogen-bond acceptors (Lipinski definition) is 0. The van der Waals surface area contributed by atoms with Gasteiger partial charge in [0.25, 0.3) is 5.92 Å². The smallest absolute Gasteiger partial charge is 0.244 e. The van der Waals surface area contributed by atoms with E-state index in [-0.39, 0.29) is 6.08 Å². The summed E-state index contributed by atoms with van der Waals surface area (Å²) >= 11 is 0. The van der Waals surface area contributed by atoms with Gasteiger partial charge in [0.2, 0.25) is 6.17 Å². The van der Waals surface area contributed by atoms with Crippen molar-refractivity contribution in [2.24, 2.45) is 0 Å². The summed E-state index contributed by atoms with van der Waals surface area (Å²) in [5, 5.41) is 0. The first-order chi connectivity index (χ1) is 6.10. The summed E-state index contributed by atoms with van der Waals surface area (Å²) in [6.07, 6.45) is -14.5. The molecule has 0 rings (SSSR count). The molecule has 7 heteroatoms. The standard InChI is InChI=1S/C7H7F7/c1-2-6(10,11)3-4(8)5(9)7(12,13)14/h2,4-5H,1,3H2. The van der Waals surface area contributed by atoms with Gasteiger partial charge in [-0.3, -0.25) is 0 Å². The van der Waals surface area contributed by atoms with Gasteiger partial charge in [0.1, 0.15) is 6.17 Å². The number of halogens is 7. The minimum Gasteiger partial charge on any atom is -0.244 e. The molecule has 0 N–H and O–H groups in total. The molecular formula is C7H7F7. The van der Waals surface area contributed by atoms with Crippen molar-refractivity contribution in [3.63, 3.8) is 0 Å². The molecule has 0 amide bonds. The third-order valence-electron chi connectivity index (χ3n) is 1.40. The lowest BCUT2D eigenvalue weighted by Gasteiger charge is -2.19. The lowest BCUT2D eigenvalue weighted by molar-refractivity contribution is -0.201. The first kappa shape index (κ1) is 13.2. The van der Waals surface area contributed by atoms with Crippen LogP contribution in [-0.4, -0.2) is 24.4 Å². The molecule has 2 unspecified atom stereocenters. The van der Waals surface area contributed by atoms with Gasteiger partial charge in [-0.25, -0.2) is 17.6 Å². The molecule has 2 atom stereocenters. The van der Waals surface area contributed by atoms with Gasteiger partial charge in [0.15, 0.2) is 0 Å². The van der Waals surface area contributed by atoms with Crippen LogP contribution in [0.5, 0.6) is 0 Å². The van der Waals surface area contributed by atoms with Gasteiger partial charge in [-0.05, 0) is 6.08 Å². The molecule has 0 saturated carbocycles. The SMILES string of the molecule is C=CC(F)(F)CC(F)C(F)C(F)(F)F. The highest BCUT2D eigenvalue weighted by molar-refractivity contribution is 4.91. The predicted molar refractivity (Wildman–Crippen MR) is 35.6 cm³/mol. The van der Waals surface area contributed by atoms with Crippen molar-refractivity contribution in [1.29, 1.82) is 0 Å². The molecule has 0 heterocycles. The summed E-state index contributed by atoms with van der Waals surface area (Å²) in [4.78, 5) is 0. The fourth-order valence-electron chi connectivity index (χ4n) is 0.652. The van der Waals surface area contributed by atoms with Crippen LogP contribution in [0.1, 0.15) is 6.42 Å². The Morgan fingerprint density at radius 1 is 1.07 bits per heavy atom. The fourth-order valence-corrected chi connectivity index (χ4v) is 0.652. The minimum atomic E-state index is -5.46. The highest BCUT2D eigenvalue weighted by atomic mass is 19.4. The molecule has 0 spiro atoms. The minimum absolute atomic E-state index is 0.0251. The summed E-state index contributed by atoms with van der Waals surface area (Å²) in [6.45, 7) is 2.59. The van der Waals surface area contributed by atoms with Crippen LogP contribution < -0.4 is 0 Å². The van der Waals surface area contributed by atoms with Crippen LogP contribution in [0.3, 0.4) is 0 Å². The zero-order valence-electron chi connectivity index (χ0n) is 6.79. The van der Waals surface area contributed by atoms with Crippen molar-refractivity contribution < 1.29 is 30.7 Å². The lowest BCUT2D eigenvalue weighted by atomic mass is 10.1. The fraction of sp³-hybridized carbons (Fsp3) is 0.714. The first-order valence-corrected chi connectivity index (χ1v) is 3.46. The van der Waals surface area contributed by atoms with E-state index in [1.807, 2.05) is 0 Å². The molecule has 0 saturated heterocycles. The van der Waals surface area contributed by atoms with Crippen LogP contribution in [0.15, 0.2) is 12.7 Å². The van der Waals surface area contributed by atoms with E-state index in [9.17, 15) is 30.7 Å². The predicted octanol–water partition coefficient (Wildman–Crippen LogP) is 3.44. The van der Waals surface area contributed by atoms with Gasteiger partial charge >= 0.3 is 6.18 Å². The largest absolute Gasteiger partial charge is 0.422 e. The zero-order valence-corrected chi connectivity index (χ0v) is 6.79. The van der Waals surface area contributed by atoms with Gasteiger partial charge in [0.05, 0.1) is 0 Å². The third kappa shape index (κ3) is 3.97. The van der Waals surface area contributed by atoms with Gasteiger partial charge < -0.3 is 0 Å². The Morgan fingerprint density at radius 2 is 1.50 bits per heavy atom. The van der Waals surface area contributed by atoms with Crippen LogP contribution in [0, 0.1) is 0 Å². The maximum atomic E-state index is 12.4. The molecule has 14 heavy (non-hydrogen) atoms. The van der Waals surface area contributed by atoms with Gasteiger partial charge in [-0.15, -0.1) is 0 Å². The molecule has 0 aromatic carbocycles. The Labute approximate surface area is 75.4 Å². The molecule has 0 aromatic rings. The molecule has 84 valence electrons. The zero-order chi connectivity index (χ0) is 11.6. The van der Waals surface area contributed by atoms with Crippen molar-refractivity contribution in [1.82, 2.24) is 0 Å². The van der Waals surface area contributed by atoms with Crippen LogP contribution in [0.25, 0.3) is 0 Å². The highest BCUT2D eigenvalue weighted by Gasteiger charge is 2.48. The van der Waals surface area contributed by atoms with Gasteiger partial charge in [0, 0.05) is 6.42 Å². The molecule has 0 fully saturated rings. The number of alkyl halides is 7. The first-order valence-electron chi connectivity index (χ1n) is 3.46. The average Bonchev–Trinajstić information content (AvgIpc) is 2.00. The van der Waals surface area contributed by atoms with Gasteiger partial charge in [-0.2, -0.15) is 13.2 Å². The number of rotatable bonds is 4. The maximum Gasteiger partial charge on any atom is 0.422 e. The van der Waals surface area contributed by atoms with Crippen LogP contribution in [0.4, 0.5) is 30.7 Å². The van der Waals surface area contributed by atoms with E-state index in [1.54, 1.807) is 0 Å². The normalized spacial score (nSPS) is 17.6. The van der Waals surface area contributed by atoms with Crippen LogP contribution >= 0.6 is 0 Å². The molecule has 0 aliphatic carbocycles. The Balaban J connectivity index is 4.35. The van der Waals surface area contributed by atoms with Crippen molar-refractivity contribution in [2.75, 3.05) is 0 Å². The Morgan fingerprint density at radius 3 is 1.79 bits per heavy atom. The Bertz CT molecular complexity index is 195. The van der Waals surface area contributed by atoms with Crippen molar-refractivity contribution >= 4 is 0 Å². The van der Waals surface area contributed by atoms with E-state index in [4.69, 9.17) is 0 Å². The summed E-state index contributed by atoms with van der Waals surface area (Å²) in [5.41, 5.74) is 0. The molecule has 0 aromatic heterocycles. The van der Waals surface area contributed by atoms with E-state index >= 15 is 0 Å². The van der Waals surface area contributed by atoms with Crippen LogP contribution in [-0.2, 0) is 0 Å². The second-order valence-corrected chi connectivity index (χ2v) is 2.63. The van der Waals surface area contributed by atoms with Crippen molar-refractivity contribution in [3.05, 3.63) is 12.7 Å². The third-order valence-corrected chi connectivity index (χ3v) is 1.40. The number of hydrogen-bond donors (Lipinski definition) is 0. The Hall–Kier alpha value is -0.750. The maximum absolute atomic E-state index is 12.4. The quantitative estimate of drug-likeness (QED) is 0.506. The molecule has 0 nitrogen and oxygen atoms in total. The molecule has 0 aliphatic rings. The average molecular weight is 224 g/mol. The van der Waals surface area contributed by atoms with Gasteiger partial charge in [-0.1, -0.05) is 6.58 Å². The summed E-state index contributed by atoms with van der Waals surface area (Å²) in [5.74, 6) is -3.84. The Kier molecular flexibility index (Phi) is 3.96. The second-order valence-electron chi connectivity index (χ2n) is 2.63. The topological polar surface area (TPSA) is 0 Å². The molecule has 0 bridgehead atoms. The summed E-state index contributed by atoms with van der Waals surface area (Å²) in [7, 11) is 0. The summed E-state index contributed by atoms with van der Waals surface area (Å²) < 4.78 is 83.5. The van der Waals surface area contributed by atoms with E-state index in [0.717, 1.165) is 0 Å². The van der Waals surface area contributed by atoms with Crippen LogP contribution in [0.2, 0.25) is 0 Å². The van der Waals surface area contributed by atoms with E-state index < -0.39 is 30.9 Å². The lowest BCUT2D eigenvalue weighted by Crippen LogP contribution is -2.36. The van der Waals surface area contributed by atoms with E-state index in [2.05, 4.69) is 6.58 Å². The van der Waals surface area contributed by atoms with E-state index in [1.165, 1.54) is 0 Å². The second kappa shape index (κ2) is 4.18. The highest BCUT2D eigenvalue weighted by Crippen LogP contribution is 2.32. The number of allylic oxidation sites excluding steroid dienone is 1. The molecule has 0 aliphatic heterocycles.